The minimum Gasteiger partial charge on any atom is -0.497 e. The number of thioether (sulfide) groups is 1. The molecule has 0 heterocycles. The molecular formula is C23H27NO6S. The number of rotatable bonds is 9. The number of esters is 1. The van der Waals surface area contributed by atoms with Crippen molar-refractivity contribution < 1.29 is 28.6 Å². The lowest BCUT2D eigenvalue weighted by atomic mass is 9.91. The van der Waals surface area contributed by atoms with E-state index in [4.69, 9.17) is 14.2 Å². The normalized spacial score (nSPS) is 10.9. The third kappa shape index (κ3) is 7.03. The van der Waals surface area contributed by atoms with Gasteiger partial charge < -0.3 is 19.5 Å². The van der Waals surface area contributed by atoms with E-state index in [0.29, 0.717) is 27.6 Å². The molecule has 0 bridgehead atoms. The van der Waals surface area contributed by atoms with Crippen molar-refractivity contribution in [3.05, 3.63) is 48.0 Å². The molecule has 0 radical (unpaired) electrons. The monoisotopic (exact) mass is 445 g/mol. The Bertz CT molecular complexity index is 951. The van der Waals surface area contributed by atoms with Gasteiger partial charge in [0.15, 0.2) is 12.4 Å². The van der Waals surface area contributed by atoms with Gasteiger partial charge >= 0.3 is 5.97 Å². The molecule has 2 aromatic rings. The molecule has 166 valence electrons. The number of Topliss-reactive ketones (excluding diaryl/α,β-unsaturated/α-hetero) is 1. The summed E-state index contributed by atoms with van der Waals surface area (Å²) in [7, 11) is 3.05. The highest BCUT2D eigenvalue weighted by atomic mass is 32.2. The van der Waals surface area contributed by atoms with Crippen molar-refractivity contribution in [3.8, 4) is 11.5 Å². The average molecular weight is 446 g/mol. The highest BCUT2D eigenvalue weighted by Gasteiger charge is 2.23. The number of hydrogen-bond donors (Lipinski definition) is 1. The lowest BCUT2D eigenvalue weighted by molar-refractivity contribution is -0.129. The van der Waals surface area contributed by atoms with Gasteiger partial charge in [-0.05, 0) is 24.3 Å². The van der Waals surface area contributed by atoms with Crippen LogP contribution in [-0.4, -0.2) is 44.2 Å². The molecule has 0 aliphatic rings. The molecule has 0 saturated carbocycles. The molecule has 0 spiro atoms. The van der Waals surface area contributed by atoms with Crippen molar-refractivity contribution >= 4 is 35.1 Å². The topological polar surface area (TPSA) is 90.9 Å². The summed E-state index contributed by atoms with van der Waals surface area (Å²) in [5.74, 6) is 0.107. The lowest BCUT2D eigenvalue weighted by Crippen LogP contribution is -2.26. The summed E-state index contributed by atoms with van der Waals surface area (Å²) in [6, 6.07) is 11.9. The largest absolute Gasteiger partial charge is 0.497 e. The summed E-state index contributed by atoms with van der Waals surface area (Å²) >= 11 is 1.20. The number of anilines is 1. The molecule has 0 aliphatic carbocycles. The van der Waals surface area contributed by atoms with Gasteiger partial charge in [-0.3, -0.25) is 9.59 Å². The lowest BCUT2D eigenvalue weighted by Gasteiger charge is -2.16. The molecule has 0 atom stereocenters. The van der Waals surface area contributed by atoms with Crippen molar-refractivity contribution in [2.24, 2.45) is 5.41 Å². The summed E-state index contributed by atoms with van der Waals surface area (Å²) in [5, 5.41) is 2.79. The van der Waals surface area contributed by atoms with E-state index in [1.807, 2.05) is 0 Å². The number of ether oxygens (including phenoxy) is 3. The van der Waals surface area contributed by atoms with Crippen LogP contribution in [0.1, 0.15) is 31.1 Å². The van der Waals surface area contributed by atoms with Crippen molar-refractivity contribution in [2.45, 2.75) is 25.7 Å². The first-order valence-electron chi connectivity index (χ1n) is 9.60. The molecule has 0 aliphatic heterocycles. The second kappa shape index (κ2) is 10.9. The van der Waals surface area contributed by atoms with E-state index in [-0.39, 0.29) is 24.1 Å². The zero-order chi connectivity index (χ0) is 23.0. The van der Waals surface area contributed by atoms with E-state index >= 15 is 0 Å². The minimum atomic E-state index is -0.601. The maximum absolute atomic E-state index is 12.5. The maximum Gasteiger partial charge on any atom is 0.339 e. The first-order chi connectivity index (χ1) is 14.7. The van der Waals surface area contributed by atoms with E-state index in [0.717, 1.165) is 0 Å². The van der Waals surface area contributed by atoms with E-state index in [2.05, 4.69) is 5.32 Å². The molecule has 7 nitrogen and oxygen atoms in total. The number of carbonyl (C=O) groups is 3. The predicted molar refractivity (Wildman–Crippen MR) is 120 cm³/mol. The van der Waals surface area contributed by atoms with Crippen molar-refractivity contribution in [1.29, 1.82) is 0 Å². The molecule has 1 amide bonds. The van der Waals surface area contributed by atoms with Crippen LogP contribution in [0, 0.1) is 5.41 Å². The maximum atomic E-state index is 12.5. The van der Waals surface area contributed by atoms with Gasteiger partial charge in [-0.25, -0.2) is 4.79 Å². The summed E-state index contributed by atoms with van der Waals surface area (Å²) in [4.78, 5) is 37.5. The molecule has 8 heteroatoms. The van der Waals surface area contributed by atoms with Crippen LogP contribution in [0.15, 0.2) is 47.4 Å². The van der Waals surface area contributed by atoms with E-state index in [1.165, 1.54) is 26.0 Å². The minimum absolute atomic E-state index is 0.0611. The summed E-state index contributed by atoms with van der Waals surface area (Å²) in [6.07, 6.45) is 0. The Labute approximate surface area is 186 Å². The van der Waals surface area contributed by atoms with E-state index in [1.54, 1.807) is 63.2 Å². The third-order valence-corrected chi connectivity index (χ3v) is 5.39. The number of methoxy groups -OCH3 is 2. The van der Waals surface area contributed by atoms with Gasteiger partial charge in [-0.2, -0.15) is 0 Å². The van der Waals surface area contributed by atoms with Crippen LogP contribution in [0.4, 0.5) is 5.69 Å². The van der Waals surface area contributed by atoms with Crippen molar-refractivity contribution in [3.63, 3.8) is 0 Å². The van der Waals surface area contributed by atoms with Crippen LogP contribution in [0.5, 0.6) is 11.5 Å². The first kappa shape index (κ1) is 24.3. The molecule has 0 unspecified atom stereocenters. The molecule has 1 N–H and O–H groups in total. The van der Waals surface area contributed by atoms with Gasteiger partial charge in [-0.15, -0.1) is 11.8 Å². The number of carbonyl (C=O) groups excluding carboxylic acids is 3. The number of amides is 1. The van der Waals surface area contributed by atoms with Crippen LogP contribution >= 0.6 is 11.8 Å². The predicted octanol–water partition coefficient (Wildman–Crippen LogP) is 4.21. The molecule has 31 heavy (non-hydrogen) atoms. The van der Waals surface area contributed by atoms with Crippen LogP contribution in [0.3, 0.4) is 0 Å². The zero-order valence-electron chi connectivity index (χ0n) is 18.3. The SMILES string of the molecule is COc1ccc(OC)c(NC(=O)CSc2ccccc2C(=O)OCC(=O)C(C)(C)C)c1. The second-order valence-corrected chi connectivity index (χ2v) is 8.67. The fraction of sp³-hybridized carbons (Fsp3) is 0.348. The highest BCUT2D eigenvalue weighted by Crippen LogP contribution is 2.30. The highest BCUT2D eigenvalue weighted by molar-refractivity contribution is 8.00. The molecule has 2 aromatic carbocycles. The Morgan fingerprint density at radius 3 is 2.35 bits per heavy atom. The average Bonchev–Trinajstić information content (AvgIpc) is 2.75. The molecule has 0 saturated heterocycles. The standard InChI is InChI=1S/C23H27NO6S/c1-23(2,3)20(25)13-30-22(27)16-8-6-7-9-19(16)31-14-21(26)24-17-12-15(28-4)10-11-18(17)29-5/h6-12H,13-14H2,1-5H3,(H,24,26). The van der Waals surface area contributed by atoms with Crippen LogP contribution in [0.25, 0.3) is 0 Å². The molecule has 0 aromatic heterocycles. The van der Waals surface area contributed by atoms with Crippen LogP contribution < -0.4 is 14.8 Å². The number of ketones is 1. The van der Waals surface area contributed by atoms with E-state index in [9.17, 15) is 14.4 Å². The fourth-order valence-corrected chi connectivity index (χ4v) is 3.27. The first-order valence-corrected chi connectivity index (χ1v) is 10.6. The number of benzene rings is 2. The van der Waals surface area contributed by atoms with E-state index < -0.39 is 11.4 Å². The van der Waals surface area contributed by atoms with Gasteiger partial charge in [0.25, 0.3) is 0 Å². The van der Waals surface area contributed by atoms with Gasteiger partial charge in [0, 0.05) is 16.4 Å². The van der Waals surface area contributed by atoms with Crippen LogP contribution in [0.2, 0.25) is 0 Å². The fourth-order valence-electron chi connectivity index (χ4n) is 2.43. The Morgan fingerprint density at radius 2 is 1.71 bits per heavy atom. The molecular weight excluding hydrogens is 418 g/mol. The zero-order valence-corrected chi connectivity index (χ0v) is 19.1. The Kier molecular flexibility index (Phi) is 8.50. The second-order valence-electron chi connectivity index (χ2n) is 7.65. The van der Waals surface area contributed by atoms with Crippen molar-refractivity contribution in [2.75, 3.05) is 31.9 Å². The summed E-state index contributed by atoms with van der Waals surface area (Å²) in [5.41, 5.74) is 0.204. The van der Waals surface area contributed by atoms with Crippen molar-refractivity contribution in [1.82, 2.24) is 0 Å². The molecule has 2 rings (SSSR count). The van der Waals surface area contributed by atoms with Gasteiger partial charge in [0.2, 0.25) is 5.91 Å². The van der Waals surface area contributed by atoms with Gasteiger partial charge in [-0.1, -0.05) is 32.9 Å². The summed E-state index contributed by atoms with van der Waals surface area (Å²) < 4.78 is 15.6. The van der Waals surface area contributed by atoms with Gasteiger partial charge in [0.05, 0.1) is 31.2 Å². The van der Waals surface area contributed by atoms with Crippen LogP contribution in [-0.2, 0) is 14.3 Å². The number of nitrogens with one attached hydrogen (secondary N) is 1. The van der Waals surface area contributed by atoms with Gasteiger partial charge in [0.1, 0.15) is 11.5 Å². The quantitative estimate of drug-likeness (QED) is 0.457. The molecule has 0 fully saturated rings. The Balaban J connectivity index is 2.02. The Morgan fingerprint density at radius 1 is 1.00 bits per heavy atom. The smallest absolute Gasteiger partial charge is 0.339 e. The Hall–Kier alpha value is -3.00. The summed E-state index contributed by atoms with van der Waals surface area (Å²) in [6.45, 7) is 5.01. The third-order valence-electron chi connectivity index (χ3n) is 4.32. The number of hydrogen-bond acceptors (Lipinski definition) is 7.